The highest BCUT2D eigenvalue weighted by atomic mass is 35.5. The second-order valence-corrected chi connectivity index (χ2v) is 6.23. The molecule has 0 aliphatic heterocycles. The van der Waals surface area contributed by atoms with E-state index in [0.717, 1.165) is 5.56 Å². The molecule has 4 nitrogen and oxygen atoms in total. The minimum atomic E-state index is -0.309. The molecule has 0 aliphatic carbocycles. The van der Waals surface area contributed by atoms with Gasteiger partial charge in [-0.2, -0.15) is 0 Å². The van der Waals surface area contributed by atoms with Crippen LogP contribution in [0.3, 0.4) is 0 Å². The molecule has 1 aromatic heterocycles. The number of aryl methyl sites for hydroxylation is 1. The summed E-state index contributed by atoms with van der Waals surface area (Å²) in [4.78, 5) is 12.6. The van der Waals surface area contributed by atoms with Gasteiger partial charge in [-0.1, -0.05) is 23.2 Å². The van der Waals surface area contributed by atoms with Gasteiger partial charge >= 0.3 is 0 Å². The van der Waals surface area contributed by atoms with Crippen molar-refractivity contribution in [1.29, 1.82) is 0 Å². The molecular weight excluding hydrogens is 361 g/mol. The van der Waals surface area contributed by atoms with E-state index >= 15 is 0 Å². The van der Waals surface area contributed by atoms with E-state index < -0.39 is 0 Å². The van der Waals surface area contributed by atoms with Gasteiger partial charge in [0.25, 0.3) is 5.91 Å². The predicted molar refractivity (Wildman–Crippen MR) is 99.8 cm³/mol. The molecule has 1 amide bonds. The maximum atomic E-state index is 12.6. The summed E-state index contributed by atoms with van der Waals surface area (Å²) in [6.07, 6.45) is 0. The van der Waals surface area contributed by atoms with E-state index in [0.29, 0.717) is 38.6 Å². The number of ether oxygens (including phenoxy) is 1. The van der Waals surface area contributed by atoms with Crippen LogP contribution in [0.5, 0.6) is 5.75 Å². The van der Waals surface area contributed by atoms with E-state index in [9.17, 15) is 4.79 Å². The van der Waals surface area contributed by atoms with E-state index in [-0.39, 0.29) is 5.91 Å². The first kappa shape index (κ1) is 17.4. The second-order valence-electron chi connectivity index (χ2n) is 5.39. The minimum Gasteiger partial charge on any atom is -0.497 e. The van der Waals surface area contributed by atoms with Gasteiger partial charge in [0.1, 0.15) is 17.3 Å². The molecule has 1 N–H and O–H groups in total. The highest BCUT2D eigenvalue weighted by Gasteiger charge is 2.17. The quantitative estimate of drug-likeness (QED) is 0.624. The molecule has 2 aromatic carbocycles. The van der Waals surface area contributed by atoms with E-state index in [1.54, 1.807) is 50.4 Å². The molecule has 128 valence electrons. The van der Waals surface area contributed by atoms with Crippen LogP contribution in [-0.2, 0) is 0 Å². The summed E-state index contributed by atoms with van der Waals surface area (Å²) in [6, 6.07) is 14.0. The van der Waals surface area contributed by atoms with Crippen molar-refractivity contribution in [1.82, 2.24) is 0 Å². The molecule has 0 radical (unpaired) electrons. The zero-order valence-corrected chi connectivity index (χ0v) is 15.1. The van der Waals surface area contributed by atoms with Crippen LogP contribution in [0.4, 0.5) is 5.69 Å². The third-order valence-electron chi connectivity index (χ3n) is 3.71. The van der Waals surface area contributed by atoms with E-state index in [4.69, 9.17) is 32.4 Å². The van der Waals surface area contributed by atoms with Crippen molar-refractivity contribution in [2.24, 2.45) is 0 Å². The Balaban J connectivity index is 1.87. The standard InChI is InChI=1S/C19H15Cl2NO3/c1-11-15(10-18(25-11)12-3-5-13(20)6-4-12)19(23)22-17-9-14(24-2)7-8-16(17)21/h3-10H,1-2H3,(H,22,23). The van der Waals surface area contributed by atoms with Gasteiger partial charge in [-0.25, -0.2) is 0 Å². The van der Waals surface area contributed by atoms with Crippen molar-refractivity contribution in [2.75, 3.05) is 12.4 Å². The van der Waals surface area contributed by atoms with Crippen LogP contribution in [0, 0.1) is 6.92 Å². The number of methoxy groups -OCH3 is 1. The lowest BCUT2D eigenvalue weighted by atomic mass is 10.1. The first-order valence-electron chi connectivity index (χ1n) is 7.49. The van der Waals surface area contributed by atoms with Gasteiger partial charge in [-0.15, -0.1) is 0 Å². The van der Waals surface area contributed by atoms with Crippen LogP contribution >= 0.6 is 23.2 Å². The highest BCUT2D eigenvalue weighted by molar-refractivity contribution is 6.34. The van der Waals surface area contributed by atoms with Gasteiger partial charge in [-0.05, 0) is 49.4 Å². The Morgan fingerprint density at radius 1 is 1.08 bits per heavy atom. The fraction of sp³-hybridized carbons (Fsp3) is 0.105. The number of hydrogen-bond donors (Lipinski definition) is 1. The summed E-state index contributed by atoms with van der Waals surface area (Å²) in [5, 5.41) is 3.84. The molecule has 0 saturated heterocycles. The summed E-state index contributed by atoms with van der Waals surface area (Å²) in [7, 11) is 1.55. The molecule has 25 heavy (non-hydrogen) atoms. The Hall–Kier alpha value is -2.43. The van der Waals surface area contributed by atoms with Crippen LogP contribution in [0.1, 0.15) is 16.1 Å². The van der Waals surface area contributed by atoms with Crippen molar-refractivity contribution in [3.8, 4) is 17.1 Å². The number of nitrogens with one attached hydrogen (secondary N) is 1. The van der Waals surface area contributed by atoms with Gasteiger partial charge in [0.05, 0.1) is 23.4 Å². The average molecular weight is 376 g/mol. The first-order valence-corrected chi connectivity index (χ1v) is 8.25. The average Bonchev–Trinajstić information content (AvgIpc) is 2.99. The number of furan rings is 1. The molecule has 3 aromatic rings. The molecule has 3 rings (SSSR count). The van der Waals surface area contributed by atoms with Crippen molar-refractivity contribution in [3.05, 3.63) is 69.9 Å². The second kappa shape index (κ2) is 7.21. The van der Waals surface area contributed by atoms with E-state index in [1.165, 1.54) is 0 Å². The van der Waals surface area contributed by atoms with Gasteiger partial charge in [0.15, 0.2) is 0 Å². The molecule has 0 fully saturated rings. The Morgan fingerprint density at radius 2 is 1.80 bits per heavy atom. The van der Waals surface area contributed by atoms with Crippen molar-refractivity contribution >= 4 is 34.8 Å². The lowest BCUT2D eigenvalue weighted by Gasteiger charge is -2.08. The Kier molecular flexibility index (Phi) is 5.02. The number of hydrogen-bond acceptors (Lipinski definition) is 3. The summed E-state index contributed by atoms with van der Waals surface area (Å²) in [6.45, 7) is 1.74. The van der Waals surface area contributed by atoms with Crippen molar-refractivity contribution in [2.45, 2.75) is 6.92 Å². The maximum Gasteiger partial charge on any atom is 0.259 e. The minimum absolute atomic E-state index is 0.309. The van der Waals surface area contributed by atoms with Crippen LogP contribution in [-0.4, -0.2) is 13.0 Å². The third-order valence-corrected chi connectivity index (χ3v) is 4.29. The topological polar surface area (TPSA) is 51.5 Å². The molecule has 0 bridgehead atoms. The lowest BCUT2D eigenvalue weighted by molar-refractivity contribution is 0.102. The molecular formula is C19H15Cl2NO3. The number of carbonyl (C=O) groups is 1. The molecule has 1 heterocycles. The Bertz CT molecular complexity index is 917. The lowest BCUT2D eigenvalue weighted by Crippen LogP contribution is -2.12. The first-order chi connectivity index (χ1) is 12.0. The summed E-state index contributed by atoms with van der Waals surface area (Å²) < 4.78 is 10.9. The number of anilines is 1. The molecule has 0 aliphatic rings. The normalized spacial score (nSPS) is 10.6. The fourth-order valence-corrected chi connectivity index (χ4v) is 2.67. The zero-order chi connectivity index (χ0) is 18.0. The third kappa shape index (κ3) is 3.81. The highest BCUT2D eigenvalue weighted by Crippen LogP contribution is 2.30. The molecule has 0 saturated carbocycles. The van der Waals surface area contributed by atoms with Crippen LogP contribution in [0.25, 0.3) is 11.3 Å². The van der Waals surface area contributed by atoms with Crippen molar-refractivity contribution in [3.63, 3.8) is 0 Å². The maximum absolute atomic E-state index is 12.6. The SMILES string of the molecule is COc1ccc(Cl)c(NC(=O)c2cc(-c3ccc(Cl)cc3)oc2C)c1. The zero-order valence-electron chi connectivity index (χ0n) is 13.6. The molecule has 0 atom stereocenters. The monoisotopic (exact) mass is 375 g/mol. The smallest absolute Gasteiger partial charge is 0.259 e. The Labute approximate surface area is 155 Å². The number of amides is 1. The van der Waals surface area contributed by atoms with Crippen LogP contribution in [0.2, 0.25) is 10.0 Å². The van der Waals surface area contributed by atoms with Crippen molar-refractivity contribution < 1.29 is 13.9 Å². The summed E-state index contributed by atoms with van der Waals surface area (Å²) in [5.41, 5.74) is 1.74. The van der Waals surface area contributed by atoms with Gasteiger partial charge in [0.2, 0.25) is 0 Å². The molecule has 0 spiro atoms. The van der Waals surface area contributed by atoms with Crippen LogP contribution in [0.15, 0.2) is 52.9 Å². The number of carbonyl (C=O) groups excluding carboxylic acids is 1. The van der Waals surface area contributed by atoms with Crippen LogP contribution < -0.4 is 10.1 Å². The summed E-state index contributed by atoms with van der Waals surface area (Å²) in [5.74, 6) is 1.40. The fourth-order valence-electron chi connectivity index (χ4n) is 2.38. The molecule has 6 heteroatoms. The van der Waals surface area contributed by atoms with Gasteiger partial charge < -0.3 is 14.5 Å². The number of rotatable bonds is 4. The van der Waals surface area contributed by atoms with E-state index in [1.807, 2.05) is 12.1 Å². The van der Waals surface area contributed by atoms with Gasteiger partial charge in [0, 0.05) is 16.7 Å². The Morgan fingerprint density at radius 3 is 2.48 bits per heavy atom. The summed E-state index contributed by atoms with van der Waals surface area (Å²) >= 11 is 12.0. The van der Waals surface area contributed by atoms with Gasteiger partial charge in [-0.3, -0.25) is 4.79 Å². The molecule has 0 unspecified atom stereocenters. The number of halogens is 2. The predicted octanol–water partition coefficient (Wildman–Crippen LogP) is 5.82. The van der Waals surface area contributed by atoms with E-state index in [2.05, 4.69) is 5.32 Å². The number of benzene rings is 2. The largest absolute Gasteiger partial charge is 0.497 e.